The number of hydrogen-bond acceptors (Lipinski definition) is 6. The van der Waals surface area contributed by atoms with Gasteiger partial charge in [0.2, 0.25) is 0 Å². The number of benzene rings is 2. The second kappa shape index (κ2) is 8.32. The summed E-state index contributed by atoms with van der Waals surface area (Å²) in [5.41, 5.74) is 5.53. The van der Waals surface area contributed by atoms with Crippen molar-refractivity contribution in [1.29, 1.82) is 0 Å². The number of imidazole rings is 1. The molecule has 0 bridgehead atoms. The van der Waals surface area contributed by atoms with Crippen molar-refractivity contribution in [3.63, 3.8) is 0 Å². The van der Waals surface area contributed by atoms with Gasteiger partial charge in [0.25, 0.3) is 5.78 Å². The Kier molecular flexibility index (Phi) is 5.20. The van der Waals surface area contributed by atoms with Gasteiger partial charge < -0.3 is 10.1 Å². The first-order chi connectivity index (χ1) is 15.7. The van der Waals surface area contributed by atoms with E-state index in [1.54, 1.807) is 31.1 Å². The molecule has 0 atom stereocenters. The molecule has 0 aliphatic carbocycles. The Hall–Kier alpha value is -3.91. The van der Waals surface area contributed by atoms with Gasteiger partial charge in [-0.25, -0.2) is 14.5 Å². The number of aromatic nitrogens is 5. The summed E-state index contributed by atoms with van der Waals surface area (Å²) >= 11 is 5.36. The third-order valence-corrected chi connectivity index (χ3v) is 5.75. The van der Waals surface area contributed by atoms with Crippen LogP contribution >= 0.6 is 12.2 Å². The molecule has 0 radical (unpaired) electrons. The molecule has 32 heavy (non-hydrogen) atoms. The second-order valence-corrected chi connectivity index (χ2v) is 7.71. The molecule has 0 saturated carbocycles. The number of methoxy groups -OCH3 is 1. The van der Waals surface area contributed by atoms with E-state index in [1.807, 2.05) is 36.5 Å². The van der Waals surface area contributed by atoms with Crippen LogP contribution in [0.25, 0.3) is 27.9 Å². The highest BCUT2D eigenvalue weighted by atomic mass is 32.1. The van der Waals surface area contributed by atoms with Gasteiger partial charge in [-0.15, -0.1) is 0 Å². The number of rotatable bonds is 5. The minimum absolute atomic E-state index is 0.561. The van der Waals surface area contributed by atoms with Gasteiger partial charge in [-0.05, 0) is 35.9 Å². The molecule has 5 rings (SSSR count). The lowest BCUT2D eigenvalue weighted by molar-refractivity contribution is 0.414. The molecule has 0 unspecified atom stereocenters. The maximum atomic E-state index is 5.54. The molecule has 0 saturated heterocycles. The molecule has 3 heterocycles. The smallest absolute Gasteiger partial charge is 0.250 e. The zero-order chi connectivity index (χ0) is 22.1. The number of ether oxygens (including phenoxy) is 1. The van der Waals surface area contributed by atoms with Gasteiger partial charge in [0.15, 0.2) is 0 Å². The van der Waals surface area contributed by atoms with Crippen molar-refractivity contribution in [2.75, 3.05) is 14.2 Å². The molecule has 2 aromatic carbocycles. The van der Waals surface area contributed by atoms with Crippen LogP contribution in [0.15, 0.2) is 67.1 Å². The Morgan fingerprint density at radius 3 is 2.78 bits per heavy atom. The average molecular weight is 441 g/mol. The Morgan fingerprint density at radius 1 is 1.06 bits per heavy atom. The normalized spacial score (nSPS) is 11.1. The quantitative estimate of drug-likeness (QED) is 0.416. The fraction of sp³-hybridized carbons (Fsp3) is 0.125. The van der Waals surface area contributed by atoms with Crippen LogP contribution in [-0.4, -0.2) is 43.7 Å². The summed E-state index contributed by atoms with van der Waals surface area (Å²) in [4.78, 5) is 13.9. The fourth-order valence-corrected chi connectivity index (χ4v) is 3.86. The van der Waals surface area contributed by atoms with Crippen LogP contribution in [0.3, 0.4) is 0 Å². The first-order valence-electron chi connectivity index (χ1n) is 10.1. The number of pyridine rings is 1. The van der Waals surface area contributed by atoms with Gasteiger partial charge >= 0.3 is 0 Å². The highest BCUT2D eigenvalue weighted by Gasteiger charge is 2.13. The Balaban J connectivity index is 1.51. The number of nitrogens with zero attached hydrogens (tertiary/aromatic N) is 5. The molecular weight excluding hydrogens is 420 g/mol. The van der Waals surface area contributed by atoms with Crippen molar-refractivity contribution in [2.45, 2.75) is 6.42 Å². The lowest BCUT2D eigenvalue weighted by Crippen LogP contribution is -2.17. The molecule has 0 fully saturated rings. The van der Waals surface area contributed by atoms with E-state index in [0.717, 1.165) is 39.0 Å². The molecule has 158 valence electrons. The molecule has 7 nitrogen and oxygen atoms in total. The Labute approximate surface area is 190 Å². The van der Waals surface area contributed by atoms with Gasteiger partial charge in [-0.1, -0.05) is 30.4 Å². The molecular formula is C24H20N6OS. The largest absolute Gasteiger partial charge is 0.496 e. The lowest BCUT2D eigenvalue weighted by atomic mass is 10.1. The molecule has 1 N–H and O–H groups in total. The lowest BCUT2D eigenvalue weighted by Gasteiger charge is -2.11. The van der Waals surface area contributed by atoms with Crippen LogP contribution in [0.4, 0.5) is 0 Å². The number of thiocarbonyl (C=S) groups is 1. The van der Waals surface area contributed by atoms with Crippen molar-refractivity contribution in [3.8, 4) is 17.0 Å². The summed E-state index contributed by atoms with van der Waals surface area (Å²) in [6, 6.07) is 16.1. The molecule has 3 aromatic heterocycles. The Morgan fingerprint density at radius 2 is 1.94 bits per heavy atom. The van der Waals surface area contributed by atoms with Crippen molar-refractivity contribution in [1.82, 2.24) is 29.9 Å². The first-order valence-corrected chi connectivity index (χ1v) is 10.5. The highest BCUT2D eigenvalue weighted by Crippen LogP contribution is 2.26. The van der Waals surface area contributed by atoms with Gasteiger partial charge in [0.05, 0.1) is 36.3 Å². The van der Waals surface area contributed by atoms with E-state index in [1.165, 1.54) is 0 Å². The van der Waals surface area contributed by atoms with E-state index in [2.05, 4.69) is 38.5 Å². The van der Waals surface area contributed by atoms with Crippen molar-refractivity contribution >= 4 is 33.9 Å². The summed E-state index contributed by atoms with van der Waals surface area (Å²) in [6.07, 6.45) is 6.03. The summed E-state index contributed by atoms with van der Waals surface area (Å²) in [7, 11) is 3.42. The van der Waals surface area contributed by atoms with E-state index >= 15 is 0 Å². The van der Waals surface area contributed by atoms with Crippen LogP contribution in [0.2, 0.25) is 0 Å². The Bertz CT molecular complexity index is 1460. The van der Waals surface area contributed by atoms with E-state index in [9.17, 15) is 0 Å². The fourth-order valence-electron chi connectivity index (χ4n) is 3.69. The second-order valence-electron chi connectivity index (χ2n) is 7.31. The van der Waals surface area contributed by atoms with E-state index in [4.69, 9.17) is 22.1 Å². The minimum atomic E-state index is 0.561. The van der Waals surface area contributed by atoms with Crippen molar-refractivity contribution in [3.05, 3.63) is 83.9 Å². The van der Waals surface area contributed by atoms with Crippen LogP contribution < -0.4 is 10.1 Å². The molecule has 0 spiro atoms. The topological polar surface area (TPSA) is 77.2 Å². The van der Waals surface area contributed by atoms with Crippen molar-refractivity contribution in [2.24, 2.45) is 0 Å². The van der Waals surface area contributed by atoms with E-state index < -0.39 is 0 Å². The minimum Gasteiger partial charge on any atom is -0.496 e. The molecule has 0 aliphatic rings. The number of fused-ring (bicyclic) bond motifs is 2. The average Bonchev–Trinajstić information content (AvgIpc) is 3.25. The van der Waals surface area contributed by atoms with E-state index in [-0.39, 0.29) is 0 Å². The zero-order valence-electron chi connectivity index (χ0n) is 17.6. The SMILES string of the molecule is CNC(=S)c1ccc(-c2cnc3ncc(Cc4ccc5ncccc5c4)n3n2)cc1OC. The maximum Gasteiger partial charge on any atom is 0.250 e. The molecule has 0 aliphatic heterocycles. The predicted molar refractivity (Wildman–Crippen MR) is 128 cm³/mol. The van der Waals surface area contributed by atoms with Gasteiger partial charge in [-0.2, -0.15) is 5.10 Å². The van der Waals surface area contributed by atoms with E-state index in [0.29, 0.717) is 22.9 Å². The zero-order valence-corrected chi connectivity index (χ0v) is 18.4. The van der Waals surface area contributed by atoms with Crippen LogP contribution in [-0.2, 0) is 6.42 Å². The highest BCUT2D eigenvalue weighted by molar-refractivity contribution is 7.80. The molecule has 0 amide bonds. The monoisotopic (exact) mass is 440 g/mol. The van der Waals surface area contributed by atoms with Gasteiger partial charge in [0, 0.05) is 30.6 Å². The third kappa shape index (κ3) is 3.65. The summed E-state index contributed by atoms with van der Waals surface area (Å²) in [6.45, 7) is 0. The molecule has 8 heteroatoms. The number of nitrogens with one attached hydrogen (secondary N) is 1. The maximum absolute atomic E-state index is 5.54. The standard InChI is InChI=1S/C24H20N6OS/c1-25-23(32)19-7-6-17(12-22(19)31-2)21-14-28-24-27-13-18(30(24)29-21)11-15-5-8-20-16(10-15)4-3-9-26-20/h3-10,12-14H,11H2,1-2H3,(H,25,32). The van der Waals surface area contributed by atoms with Gasteiger partial charge in [-0.3, -0.25) is 4.98 Å². The third-order valence-electron chi connectivity index (χ3n) is 5.32. The predicted octanol–water partition coefficient (Wildman–Crippen LogP) is 3.83. The first kappa shape index (κ1) is 20.0. The van der Waals surface area contributed by atoms with Crippen LogP contribution in [0, 0.1) is 0 Å². The van der Waals surface area contributed by atoms with Crippen LogP contribution in [0.5, 0.6) is 5.75 Å². The summed E-state index contributed by atoms with van der Waals surface area (Å²) in [5, 5.41) is 8.90. The molecule has 5 aromatic rings. The van der Waals surface area contributed by atoms with Gasteiger partial charge in [0.1, 0.15) is 16.4 Å². The van der Waals surface area contributed by atoms with Crippen molar-refractivity contribution < 1.29 is 4.74 Å². The summed E-state index contributed by atoms with van der Waals surface area (Å²) in [5.74, 6) is 1.24. The van der Waals surface area contributed by atoms with Crippen LogP contribution in [0.1, 0.15) is 16.8 Å². The summed E-state index contributed by atoms with van der Waals surface area (Å²) < 4.78 is 7.33. The number of hydrogen-bond donors (Lipinski definition) is 1.